The molecule has 0 aliphatic heterocycles. The van der Waals surface area contributed by atoms with Crippen molar-refractivity contribution in [2.75, 3.05) is 11.5 Å². The number of aromatic nitrogens is 2. The van der Waals surface area contributed by atoms with E-state index in [-0.39, 0.29) is 17.5 Å². The summed E-state index contributed by atoms with van der Waals surface area (Å²) in [5, 5.41) is 4.30. The summed E-state index contributed by atoms with van der Waals surface area (Å²) in [5.41, 5.74) is 8.33. The molecule has 1 aromatic rings. The molecule has 6 heteroatoms. The lowest BCUT2D eigenvalue weighted by Crippen LogP contribution is -2.17. The van der Waals surface area contributed by atoms with Gasteiger partial charge in [-0.1, -0.05) is 13.3 Å². The third kappa shape index (κ3) is 2.92. The van der Waals surface area contributed by atoms with Crippen LogP contribution in [-0.2, 0) is 22.8 Å². The molecule has 0 fully saturated rings. The zero-order chi connectivity index (χ0) is 13.2. The van der Waals surface area contributed by atoms with E-state index in [9.17, 15) is 8.42 Å². The van der Waals surface area contributed by atoms with Crippen molar-refractivity contribution in [3.05, 3.63) is 17.5 Å². The number of rotatable bonds is 4. The maximum absolute atomic E-state index is 11.5. The molecule has 1 unspecified atom stereocenters. The van der Waals surface area contributed by atoms with Crippen LogP contribution in [0.1, 0.15) is 43.5 Å². The first-order valence-electron chi connectivity index (χ1n) is 6.54. The van der Waals surface area contributed by atoms with E-state index in [2.05, 4.69) is 5.10 Å². The van der Waals surface area contributed by atoms with Gasteiger partial charge in [0, 0.05) is 23.1 Å². The highest BCUT2D eigenvalue weighted by Gasteiger charge is 2.20. The lowest BCUT2D eigenvalue weighted by Gasteiger charge is -2.09. The number of hydrogen-bond acceptors (Lipinski definition) is 4. The number of hydrogen-bond donors (Lipinski definition) is 1. The van der Waals surface area contributed by atoms with Crippen LogP contribution in [0.15, 0.2) is 6.20 Å². The Labute approximate surface area is 108 Å². The van der Waals surface area contributed by atoms with Gasteiger partial charge in [-0.25, -0.2) is 8.42 Å². The third-order valence-electron chi connectivity index (χ3n) is 3.61. The van der Waals surface area contributed by atoms with Gasteiger partial charge in [-0.3, -0.25) is 4.68 Å². The summed E-state index contributed by atoms with van der Waals surface area (Å²) in [6.45, 7) is 2.12. The Morgan fingerprint density at radius 3 is 3.00 bits per heavy atom. The molecule has 1 aliphatic carbocycles. The normalized spacial score (nSPS) is 20.4. The highest BCUT2D eigenvalue weighted by atomic mass is 32.2. The van der Waals surface area contributed by atoms with Gasteiger partial charge < -0.3 is 5.73 Å². The summed E-state index contributed by atoms with van der Waals surface area (Å²) in [6, 6.07) is 0.0547. The fourth-order valence-corrected chi connectivity index (χ4v) is 3.12. The van der Waals surface area contributed by atoms with E-state index in [0.29, 0.717) is 6.54 Å². The topological polar surface area (TPSA) is 78.0 Å². The Hall–Kier alpha value is -0.880. The SMILES string of the molecule is CCS(=O)(=O)CCn1ncc2c1CCCCC2N. The number of fused-ring (bicyclic) bond motifs is 1. The third-order valence-corrected chi connectivity index (χ3v) is 5.30. The van der Waals surface area contributed by atoms with Crippen LogP contribution >= 0.6 is 0 Å². The van der Waals surface area contributed by atoms with Gasteiger partial charge in [0.15, 0.2) is 9.84 Å². The first kappa shape index (κ1) is 13.5. The van der Waals surface area contributed by atoms with E-state index >= 15 is 0 Å². The molecule has 0 saturated carbocycles. The van der Waals surface area contributed by atoms with Gasteiger partial charge in [0.2, 0.25) is 0 Å². The molecule has 0 bridgehead atoms. The largest absolute Gasteiger partial charge is 0.324 e. The Bertz CT molecular complexity index is 507. The zero-order valence-corrected chi connectivity index (χ0v) is 11.6. The van der Waals surface area contributed by atoms with Crippen LogP contribution in [-0.4, -0.2) is 29.7 Å². The molecule has 0 aromatic carbocycles. The number of nitrogens with two attached hydrogens (primary N) is 1. The molecule has 1 aliphatic rings. The lowest BCUT2D eigenvalue weighted by atomic mass is 10.1. The molecule has 18 heavy (non-hydrogen) atoms. The molecule has 0 saturated heterocycles. The van der Waals surface area contributed by atoms with Crippen LogP contribution in [0.2, 0.25) is 0 Å². The standard InChI is InChI=1S/C12H21N3O2S/c1-2-18(16,17)8-7-15-12-6-4-3-5-11(13)10(12)9-14-15/h9,11H,2-8,13H2,1H3. The Morgan fingerprint density at radius 2 is 2.28 bits per heavy atom. The number of aryl methyl sites for hydroxylation is 1. The highest BCUT2D eigenvalue weighted by molar-refractivity contribution is 7.91. The van der Waals surface area contributed by atoms with E-state index in [0.717, 1.165) is 36.9 Å². The summed E-state index contributed by atoms with van der Waals surface area (Å²) in [5.74, 6) is 0.350. The molecule has 0 radical (unpaired) electrons. The fourth-order valence-electron chi connectivity index (χ4n) is 2.38. The monoisotopic (exact) mass is 271 g/mol. The van der Waals surface area contributed by atoms with E-state index in [1.807, 2.05) is 10.9 Å². The Morgan fingerprint density at radius 1 is 1.50 bits per heavy atom. The predicted octanol–water partition coefficient (Wildman–Crippen LogP) is 1.04. The molecule has 2 N–H and O–H groups in total. The summed E-state index contributed by atoms with van der Waals surface area (Å²) < 4.78 is 24.9. The average molecular weight is 271 g/mol. The Kier molecular flexibility index (Phi) is 4.07. The first-order valence-corrected chi connectivity index (χ1v) is 8.36. The first-order chi connectivity index (χ1) is 8.53. The van der Waals surface area contributed by atoms with Crippen LogP contribution in [0, 0.1) is 0 Å². The van der Waals surface area contributed by atoms with Crippen molar-refractivity contribution in [3.8, 4) is 0 Å². The molecule has 1 heterocycles. The fraction of sp³-hybridized carbons (Fsp3) is 0.750. The minimum absolute atomic E-state index is 0.0547. The van der Waals surface area contributed by atoms with Crippen molar-refractivity contribution in [1.29, 1.82) is 0 Å². The average Bonchev–Trinajstić information content (AvgIpc) is 2.66. The van der Waals surface area contributed by atoms with E-state index in [1.54, 1.807) is 6.92 Å². The van der Waals surface area contributed by atoms with Crippen molar-refractivity contribution in [2.24, 2.45) is 5.73 Å². The van der Waals surface area contributed by atoms with Gasteiger partial charge >= 0.3 is 0 Å². The minimum atomic E-state index is -2.94. The maximum Gasteiger partial charge on any atom is 0.151 e. The second kappa shape index (κ2) is 5.40. The van der Waals surface area contributed by atoms with Gasteiger partial charge in [0.1, 0.15) is 0 Å². The van der Waals surface area contributed by atoms with Crippen LogP contribution in [0.3, 0.4) is 0 Å². The molecule has 5 nitrogen and oxygen atoms in total. The molecule has 1 atom stereocenters. The zero-order valence-electron chi connectivity index (χ0n) is 10.8. The van der Waals surface area contributed by atoms with Gasteiger partial charge in [-0.2, -0.15) is 5.10 Å². The molecule has 2 rings (SSSR count). The van der Waals surface area contributed by atoms with Crippen molar-refractivity contribution in [2.45, 2.75) is 45.2 Å². The maximum atomic E-state index is 11.5. The summed E-state index contributed by atoms with van der Waals surface area (Å²) in [7, 11) is -2.94. The second-order valence-corrected chi connectivity index (χ2v) is 7.33. The predicted molar refractivity (Wildman–Crippen MR) is 71.0 cm³/mol. The minimum Gasteiger partial charge on any atom is -0.324 e. The van der Waals surface area contributed by atoms with Crippen LogP contribution in [0.5, 0.6) is 0 Å². The molecular weight excluding hydrogens is 250 g/mol. The molecule has 1 aromatic heterocycles. The number of sulfone groups is 1. The molecular formula is C12H21N3O2S. The quantitative estimate of drug-likeness (QED) is 0.830. The van der Waals surface area contributed by atoms with E-state index in [4.69, 9.17) is 5.73 Å². The lowest BCUT2D eigenvalue weighted by molar-refractivity contribution is 0.569. The van der Waals surface area contributed by atoms with Crippen molar-refractivity contribution >= 4 is 9.84 Å². The molecule has 102 valence electrons. The van der Waals surface area contributed by atoms with E-state index < -0.39 is 9.84 Å². The van der Waals surface area contributed by atoms with Gasteiger partial charge in [0.05, 0.1) is 18.5 Å². The second-order valence-electron chi connectivity index (χ2n) is 4.86. The van der Waals surface area contributed by atoms with Crippen molar-refractivity contribution in [3.63, 3.8) is 0 Å². The summed E-state index contributed by atoms with van der Waals surface area (Å²) in [6.07, 6.45) is 5.99. The van der Waals surface area contributed by atoms with Crippen LogP contribution in [0.4, 0.5) is 0 Å². The molecule has 0 amide bonds. The van der Waals surface area contributed by atoms with Gasteiger partial charge in [-0.05, 0) is 19.3 Å². The number of nitrogens with zero attached hydrogens (tertiary/aromatic N) is 2. The molecule has 0 spiro atoms. The Balaban J connectivity index is 2.15. The van der Waals surface area contributed by atoms with Gasteiger partial charge in [0.25, 0.3) is 0 Å². The van der Waals surface area contributed by atoms with Gasteiger partial charge in [-0.15, -0.1) is 0 Å². The summed E-state index contributed by atoms with van der Waals surface area (Å²) >= 11 is 0. The van der Waals surface area contributed by atoms with Crippen LogP contribution < -0.4 is 5.73 Å². The highest BCUT2D eigenvalue weighted by Crippen LogP contribution is 2.26. The van der Waals surface area contributed by atoms with Crippen LogP contribution in [0.25, 0.3) is 0 Å². The summed E-state index contributed by atoms with van der Waals surface area (Å²) in [4.78, 5) is 0. The van der Waals surface area contributed by atoms with Crippen molar-refractivity contribution in [1.82, 2.24) is 9.78 Å². The van der Waals surface area contributed by atoms with E-state index in [1.165, 1.54) is 0 Å². The smallest absolute Gasteiger partial charge is 0.151 e. The van der Waals surface area contributed by atoms with Crippen molar-refractivity contribution < 1.29 is 8.42 Å².